The van der Waals surface area contributed by atoms with Gasteiger partial charge in [-0.1, -0.05) is 0 Å². The van der Waals surface area contributed by atoms with Crippen molar-refractivity contribution in [1.29, 1.82) is 0 Å². The summed E-state index contributed by atoms with van der Waals surface area (Å²) >= 11 is 0. The van der Waals surface area contributed by atoms with Gasteiger partial charge in [0.1, 0.15) is 0 Å². The summed E-state index contributed by atoms with van der Waals surface area (Å²) in [6.45, 7) is 1.65. The second-order valence-corrected chi connectivity index (χ2v) is 3.14. The van der Waals surface area contributed by atoms with Crippen LogP contribution >= 0.6 is 0 Å². The van der Waals surface area contributed by atoms with E-state index in [0.717, 1.165) is 6.07 Å². The second-order valence-electron chi connectivity index (χ2n) is 3.14. The molecule has 0 saturated carbocycles. The van der Waals surface area contributed by atoms with Gasteiger partial charge in [0.2, 0.25) is 0 Å². The van der Waals surface area contributed by atoms with Crippen molar-refractivity contribution in [3.63, 3.8) is 0 Å². The van der Waals surface area contributed by atoms with Gasteiger partial charge in [-0.15, -0.1) is 0 Å². The molecule has 0 heterocycles. The first kappa shape index (κ1) is 13.0. The van der Waals surface area contributed by atoms with Crippen molar-refractivity contribution in [3.8, 4) is 0 Å². The molecule has 1 aromatic carbocycles. The number of hydrogen-bond acceptors (Lipinski definition) is 4. The molecule has 1 aromatic rings. The Balaban J connectivity index is 3.05. The minimum atomic E-state index is -1.36. The molecular weight excluding hydrogens is 236 g/mol. The van der Waals surface area contributed by atoms with Crippen LogP contribution in [-0.2, 0) is 16.0 Å². The lowest BCUT2D eigenvalue weighted by Gasteiger charge is -2.04. The molecule has 0 unspecified atom stereocenters. The number of rotatable bonds is 4. The van der Waals surface area contributed by atoms with Crippen molar-refractivity contribution in [3.05, 3.63) is 39.4 Å². The van der Waals surface area contributed by atoms with Crippen LogP contribution in [0.15, 0.2) is 12.1 Å². The Hall–Kier alpha value is -2.05. The third-order valence-electron chi connectivity index (χ3n) is 1.94. The van der Waals surface area contributed by atoms with Crippen LogP contribution in [0.2, 0.25) is 0 Å². The average molecular weight is 245 g/mol. The highest BCUT2D eigenvalue weighted by Gasteiger charge is 2.19. The SMILES string of the molecule is CCOC(=O)Cc1cc([N+](=O)[O-])cc(F)c1F. The molecule has 7 heteroatoms. The van der Waals surface area contributed by atoms with E-state index in [1.54, 1.807) is 6.92 Å². The molecule has 0 aliphatic carbocycles. The first-order valence-electron chi connectivity index (χ1n) is 4.73. The molecule has 0 radical (unpaired) electrons. The molecule has 0 aliphatic rings. The summed E-state index contributed by atoms with van der Waals surface area (Å²) in [5.41, 5.74) is -1.00. The van der Waals surface area contributed by atoms with Crippen LogP contribution in [0.25, 0.3) is 0 Å². The Bertz CT molecular complexity index is 462. The van der Waals surface area contributed by atoms with E-state index in [9.17, 15) is 23.7 Å². The van der Waals surface area contributed by atoms with Crippen molar-refractivity contribution in [1.82, 2.24) is 0 Å². The highest BCUT2D eigenvalue weighted by Crippen LogP contribution is 2.21. The summed E-state index contributed by atoms with van der Waals surface area (Å²) in [6.07, 6.45) is -0.543. The fourth-order valence-corrected chi connectivity index (χ4v) is 1.23. The predicted octanol–water partition coefficient (Wildman–Crippen LogP) is 1.98. The Morgan fingerprint density at radius 3 is 2.65 bits per heavy atom. The van der Waals surface area contributed by atoms with E-state index in [4.69, 9.17) is 0 Å². The number of ether oxygens (including phenoxy) is 1. The second kappa shape index (κ2) is 5.33. The van der Waals surface area contributed by atoms with E-state index in [-0.39, 0.29) is 6.61 Å². The molecule has 0 fully saturated rings. The van der Waals surface area contributed by atoms with Gasteiger partial charge >= 0.3 is 5.97 Å². The monoisotopic (exact) mass is 245 g/mol. The molecule has 5 nitrogen and oxygen atoms in total. The number of hydrogen-bond donors (Lipinski definition) is 0. The first-order chi connectivity index (χ1) is 7.95. The number of benzene rings is 1. The Labute approximate surface area is 95.2 Å². The minimum absolute atomic E-state index is 0.0951. The number of nitro benzene ring substituents is 1. The van der Waals surface area contributed by atoms with Gasteiger partial charge in [0.25, 0.3) is 5.69 Å². The summed E-state index contributed by atoms with van der Waals surface area (Å²) in [4.78, 5) is 20.6. The third kappa shape index (κ3) is 3.20. The van der Waals surface area contributed by atoms with Crippen LogP contribution in [0.4, 0.5) is 14.5 Å². The third-order valence-corrected chi connectivity index (χ3v) is 1.94. The van der Waals surface area contributed by atoms with E-state index < -0.39 is 40.2 Å². The summed E-state index contributed by atoms with van der Waals surface area (Å²) in [6, 6.07) is 1.28. The van der Waals surface area contributed by atoms with E-state index in [1.165, 1.54) is 0 Å². The van der Waals surface area contributed by atoms with E-state index in [0.29, 0.717) is 6.07 Å². The van der Waals surface area contributed by atoms with Gasteiger partial charge in [-0.25, -0.2) is 8.78 Å². The number of halogens is 2. The molecule has 92 valence electrons. The van der Waals surface area contributed by atoms with Gasteiger partial charge in [0.15, 0.2) is 11.6 Å². The maximum Gasteiger partial charge on any atom is 0.310 e. The number of non-ortho nitro benzene ring substituents is 1. The maximum absolute atomic E-state index is 13.2. The number of nitro groups is 1. The van der Waals surface area contributed by atoms with Gasteiger partial charge in [-0.05, 0) is 6.92 Å². The molecular formula is C10H9F2NO4. The van der Waals surface area contributed by atoms with Crippen molar-refractivity contribution in [2.45, 2.75) is 13.3 Å². The standard InChI is InChI=1S/C10H9F2NO4/c1-2-17-9(14)4-6-3-7(13(15)16)5-8(11)10(6)12/h3,5H,2,4H2,1H3. The zero-order chi connectivity index (χ0) is 13.0. The first-order valence-corrected chi connectivity index (χ1v) is 4.73. The molecule has 0 aliphatic heterocycles. The number of carbonyl (C=O) groups is 1. The topological polar surface area (TPSA) is 69.4 Å². The lowest BCUT2D eigenvalue weighted by atomic mass is 10.1. The zero-order valence-corrected chi connectivity index (χ0v) is 8.91. The normalized spacial score (nSPS) is 10.1. The quantitative estimate of drug-likeness (QED) is 0.462. The average Bonchev–Trinajstić information content (AvgIpc) is 2.24. The Kier molecular flexibility index (Phi) is 4.08. The molecule has 17 heavy (non-hydrogen) atoms. The van der Waals surface area contributed by atoms with E-state index in [2.05, 4.69) is 4.74 Å². The molecule has 1 rings (SSSR count). The van der Waals surface area contributed by atoms with Crippen molar-refractivity contribution >= 4 is 11.7 Å². The van der Waals surface area contributed by atoms with Crippen molar-refractivity contribution < 1.29 is 23.2 Å². The lowest BCUT2D eigenvalue weighted by Crippen LogP contribution is -2.10. The van der Waals surface area contributed by atoms with Gasteiger partial charge in [-0.3, -0.25) is 14.9 Å². The van der Waals surface area contributed by atoms with Crippen LogP contribution in [0, 0.1) is 21.7 Å². The highest BCUT2D eigenvalue weighted by atomic mass is 19.2. The highest BCUT2D eigenvalue weighted by molar-refractivity contribution is 5.72. The van der Waals surface area contributed by atoms with Crippen LogP contribution in [-0.4, -0.2) is 17.5 Å². The molecule has 0 saturated heterocycles. The fourth-order valence-electron chi connectivity index (χ4n) is 1.23. The summed E-state index contributed by atoms with van der Waals surface area (Å²) < 4.78 is 30.8. The molecule has 0 amide bonds. The van der Waals surface area contributed by atoms with Crippen LogP contribution < -0.4 is 0 Å². The fraction of sp³-hybridized carbons (Fsp3) is 0.300. The Morgan fingerprint density at radius 2 is 2.12 bits per heavy atom. The van der Waals surface area contributed by atoms with Crippen LogP contribution in [0.3, 0.4) is 0 Å². The zero-order valence-electron chi connectivity index (χ0n) is 8.91. The molecule has 0 atom stereocenters. The molecule has 0 bridgehead atoms. The van der Waals surface area contributed by atoms with Crippen LogP contribution in [0.5, 0.6) is 0 Å². The van der Waals surface area contributed by atoms with Gasteiger partial charge in [-0.2, -0.15) is 0 Å². The number of esters is 1. The summed E-state index contributed by atoms with van der Waals surface area (Å²) in [7, 11) is 0. The van der Waals surface area contributed by atoms with E-state index in [1.807, 2.05) is 0 Å². The van der Waals surface area contributed by atoms with Gasteiger partial charge < -0.3 is 4.74 Å². The van der Waals surface area contributed by atoms with Gasteiger partial charge in [0.05, 0.1) is 24.0 Å². The largest absolute Gasteiger partial charge is 0.466 e. The molecule has 0 spiro atoms. The molecule has 0 N–H and O–H groups in total. The maximum atomic E-state index is 13.2. The van der Waals surface area contributed by atoms with Gasteiger partial charge in [0, 0.05) is 11.6 Å². The summed E-state index contributed by atoms with van der Waals surface area (Å²) in [5, 5.41) is 10.4. The van der Waals surface area contributed by atoms with Crippen molar-refractivity contribution in [2.24, 2.45) is 0 Å². The Morgan fingerprint density at radius 1 is 1.47 bits per heavy atom. The predicted molar refractivity (Wildman–Crippen MR) is 53.3 cm³/mol. The lowest BCUT2D eigenvalue weighted by molar-refractivity contribution is -0.385. The number of nitrogens with zero attached hydrogens (tertiary/aromatic N) is 1. The summed E-state index contributed by atoms with van der Waals surface area (Å²) in [5.74, 6) is -3.41. The minimum Gasteiger partial charge on any atom is -0.466 e. The van der Waals surface area contributed by atoms with Crippen LogP contribution in [0.1, 0.15) is 12.5 Å². The van der Waals surface area contributed by atoms with E-state index >= 15 is 0 Å². The van der Waals surface area contributed by atoms with Crippen molar-refractivity contribution in [2.75, 3.05) is 6.61 Å². The smallest absolute Gasteiger partial charge is 0.310 e. The number of carbonyl (C=O) groups excluding carboxylic acids is 1. The molecule has 0 aromatic heterocycles.